The van der Waals surface area contributed by atoms with Gasteiger partial charge in [0.25, 0.3) is 11.8 Å². The molecule has 1 aromatic carbocycles. The van der Waals surface area contributed by atoms with Crippen LogP contribution in [0.2, 0.25) is 0 Å². The van der Waals surface area contributed by atoms with Gasteiger partial charge in [-0.25, -0.2) is 0 Å². The summed E-state index contributed by atoms with van der Waals surface area (Å²) in [5, 5.41) is 11.7. The minimum absolute atomic E-state index is 0.0522. The van der Waals surface area contributed by atoms with E-state index in [1.165, 1.54) is 11.3 Å². The van der Waals surface area contributed by atoms with Crippen LogP contribution < -0.4 is 20.7 Å². The lowest BCUT2D eigenvalue weighted by molar-refractivity contribution is -0.123. The van der Waals surface area contributed by atoms with Crippen LogP contribution in [0.25, 0.3) is 0 Å². The lowest BCUT2D eigenvalue weighted by Crippen LogP contribution is -2.28. The van der Waals surface area contributed by atoms with Crippen LogP contribution in [-0.2, 0) is 9.59 Å². The number of rotatable bonds is 9. The number of hydrogen-bond acceptors (Lipinski definition) is 5. The van der Waals surface area contributed by atoms with E-state index in [0.717, 1.165) is 0 Å². The fourth-order valence-corrected chi connectivity index (χ4v) is 2.68. The minimum Gasteiger partial charge on any atom is -0.484 e. The Morgan fingerprint density at radius 3 is 2.46 bits per heavy atom. The molecule has 0 spiro atoms. The van der Waals surface area contributed by atoms with E-state index in [9.17, 15) is 14.4 Å². The van der Waals surface area contributed by atoms with Gasteiger partial charge in [0.05, 0.1) is 0 Å². The van der Waals surface area contributed by atoms with E-state index in [2.05, 4.69) is 16.0 Å². The largest absolute Gasteiger partial charge is 0.484 e. The van der Waals surface area contributed by atoms with Gasteiger partial charge in [-0.1, -0.05) is 0 Å². The zero-order valence-electron chi connectivity index (χ0n) is 14.4. The van der Waals surface area contributed by atoms with Crippen molar-refractivity contribution in [2.75, 3.05) is 25.0 Å². The van der Waals surface area contributed by atoms with E-state index >= 15 is 0 Å². The second-order valence-corrected chi connectivity index (χ2v) is 6.11. The number of hydrogen-bond donors (Lipinski definition) is 3. The van der Waals surface area contributed by atoms with E-state index in [1.54, 1.807) is 35.7 Å². The maximum atomic E-state index is 11.9. The Balaban J connectivity index is 1.70. The summed E-state index contributed by atoms with van der Waals surface area (Å²) in [5.41, 5.74) is 1.21. The lowest BCUT2D eigenvalue weighted by Gasteiger charge is -2.09. The number of carbonyl (C=O) groups excluding carboxylic acids is 3. The first kappa shape index (κ1) is 19.5. The van der Waals surface area contributed by atoms with Gasteiger partial charge in [0.15, 0.2) is 6.61 Å². The van der Waals surface area contributed by atoms with Crippen LogP contribution in [0.5, 0.6) is 5.75 Å². The summed E-state index contributed by atoms with van der Waals surface area (Å²) in [6.45, 7) is 2.60. The number of amides is 3. The highest BCUT2D eigenvalue weighted by Crippen LogP contribution is 2.15. The van der Waals surface area contributed by atoms with E-state index in [0.29, 0.717) is 23.5 Å². The van der Waals surface area contributed by atoms with Gasteiger partial charge < -0.3 is 20.7 Å². The predicted octanol–water partition coefficient (Wildman–Crippen LogP) is 2.02. The third kappa shape index (κ3) is 6.56. The van der Waals surface area contributed by atoms with Gasteiger partial charge >= 0.3 is 0 Å². The maximum absolute atomic E-state index is 11.9. The van der Waals surface area contributed by atoms with Crippen molar-refractivity contribution < 1.29 is 19.1 Å². The molecule has 7 nitrogen and oxygen atoms in total. The maximum Gasteiger partial charge on any atom is 0.257 e. The van der Waals surface area contributed by atoms with Crippen LogP contribution in [0.1, 0.15) is 23.7 Å². The fourth-order valence-electron chi connectivity index (χ4n) is 2.04. The molecule has 138 valence electrons. The van der Waals surface area contributed by atoms with Gasteiger partial charge in [-0.2, -0.15) is 11.3 Å². The monoisotopic (exact) mass is 375 g/mol. The molecule has 0 saturated carbocycles. The summed E-state index contributed by atoms with van der Waals surface area (Å²) in [6, 6.07) is 8.46. The fraction of sp³-hybridized carbons (Fsp3) is 0.278. The Kier molecular flexibility index (Phi) is 7.63. The molecule has 0 saturated heterocycles. The van der Waals surface area contributed by atoms with Crippen LogP contribution >= 0.6 is 11.3 Å². The third-order valence-corrected chi connectivity index (χ3v) is 3.99. The van der Waals surface area contributed by atoms with Gasteiger partial charge in [0.1, 0.15) is 5.75 Å². The Morgan fingerprint density at radius 2 is 1.81 bits per heavy atom. The molecule has 1 aromatic heterocycles. The van der Waals surface area contributed by atoms with Gasteiger partial charge in [-0.15, -0.1) is 0 Å². The van der Waals surface area contributed by atoms with Crippen molar-refractivity contribution in [2.45, 2.75) is 13.3 Å². The van der Waals surface area contributed by atoms with E-state index in [1.807, 2.05) is 12.3 Å². The highest BCUT2D eigenvalue weighted by molar-refractivity contribution is 7.08. The number of thiophene rings is 1. The number of likely N-dealkylation sites (N-methyl/N-ethyl adjacent to an activating group) is 1. The second-order valence-electron chi connectivity index (χ2n) is 5.33. The Hall–Kier alpha value is -2.87. The summed E-state index contributed by atoms with van der Waals surface area (Å²) in [7, 11) is 0. The van der Waals surface area contributed by atoms with Crippen molar-refractivity contribution in [3.63, 3.8) is 0 Å². The summed E-state index contributed by atoms with van der Waals surface area (Å²) in [5.74, 6) is -0.0362. The molecule has 2 aromatic rings. The average Bonchev–Trinajstić information content (AvgIpc) is 3.16. The van der Waals surface area contributed by atoms with Crippen molar-refractivity contribution in [2.24, 2.45) is 0 Å². The van der Waals surface area contributed by atoms with Crippen LogP contribution in [0.4, 0.5) is 5.69 Å². The minimum atomic E-state index is -0.202. The van der Waals surface area contributed by atoms with Crippen LogP contribution in [0.3, 0.4) is 0 Å². The number of anilines is 1. The van der Waals surface area contributed by atoms with Crippen LogP contribution in [-0.4, -0.2) is 37.4 Å². The van der Waals surface area contributed by atoms with Gasteiger partial charge in [0, 0.05) is 36.1 Å². The third-order valence-electron chi connectivity index (χ3n) is 3.30. The molecule has 0 radical (unpaired) electrons. The van der Waals surface area contributed by atoms with E-state index in [-0.39, 0.29) is 37.3 Å². The SMILES string of the molecule is CCNC(=O)COc1ccc(NC(=O)CCNC(=O)c2ccsc2)cc1. The molecule has 3 N–H and O–H groups in total. The van der Waals surface area contributed by atoms with Crippen LogP contribution in [0, 0.1) is 0 Å². The molecule has 0 bridgehead atoms. The van der Waals surface area contributed by atoms with Crippen molar-refractivity contribution in [3.05, 3.63) is 46.7 Å². The second kappa shape index (κ2) is 10.2. The van der Waals surface area contributed by atoms with Crippen molar-refractivity contribution in [3.8, 4) is 5.75 Å². The molecule has 0 aliphatic rings. The van der Waals surface area contributed by atoms with Gasteiger partial charge in [-0.05, 0) is 42.6 Å². The molecular formula is C18H21N3O4S. The molecule has 0 atom stereocenters. The Bertz CT molecular complexity index is 729. The first-order valence-corrected chi connectivity index (χ1v) is 9.12. The van der Waals surface area contributed by atoms with Crippen molar-refractivity contribution in [1.29, 1.82) is 0 Å². The van der Waals surface area contributed by atoms with Crippen molar-refractivity contribution in [1.82, 2.24) is 10.6 Å². The molecule has 0 fully saturated rings. The number of nitrogens with one attached hydrogen (secondary N) is 3. The average molecular weight is 375 g/mol. The quantitative estimate of drug-likeness (QED) is 0.625. The standard InChI is InChI=1S/C18H21N3O4S/c1-2-19-17(23)11-25-15-5-3-14(4-6-15)21-16(22)7-9-20-18(24)13-8-10-26-12-13/h3-6,8,10,12H,2,7,9,11H2,1H3,(H,19,23)(H,20,24)(H,21,22). The molecule has 1 heterocycles. The topological polar surface area (TPSA) is 96.5 Å². The first-order chi connectivity index (χ1) is 12.6. The molecule has 2 rings (SSSR count). The zero-order valence-corrected chi connectivity index (χ0v) is 15.2. The van der Waals surface area contributed by atoms with Crippen molar-refractivity contribution >= 4 is 34.7 Å². The smallest absolute Gasteiger partial charge is 0.257 e. The highest BCUT2D eigenvalue weighted by atomic mass is 32.1. The molecular weight excluding hydrogens is 354 g/mol. The highest BCUT2D eigenvalue weighted by Gasteiger charge is 2.07. The molecule has 8 heteroatoms. The lowest BCUT2D eigenvalue weighted by atomic mass is 10.3. The summed E-state index contributed by atoms with van der Waals surface area (Å²) in [4.78, 5) is 35.0. The van der Waals surface area contributed by atoms with E-state index < -0.39 is 0 Å². The molecule has 26 heavy (non-hydrogen) atoms. The molecule has 0 aliphatic heterocycles. The molecule has 3 amide bonds. The number of ether oxygens (including phenoxy) is 1. The predicted molar refractivity (Wildman–Crippen MR) is 101 cm³/mol. The Morgan fingerprint density at radius 1 is 1.04 bits per heavy atom. The number of carbonyl (C=O) groups is 3. The van der Waals surface area contributed by atoms with Crippen LogP contribution in [0.15, 0.2) is 41.1 Å². The van der Waals surface area contributed by atoms with Gasteiger partial charge in [-0.3, -0.25) is 14.4 Å². The number of benzene rings is 1. The summed E-state index contributed by atoms with van der Waals surface area (Å²) < 4.78 is 5.34. The Labute approximate surface area is 155 Å². The molecule has 0 unspecified atom stereocenters. The first-order valence-electron chi connectivity index (χ1n) is 8.18. The molecule has 0 aliphatic carbocycles. The summed E-state index contributed by atoms with van der Waals surface area (Å²) >= 11 is 1.45. The zero-order chi connectivity index (χ0) is 18.8. The van der Waals surface area contributed by atoms with E-state index in [4.69, 9.17) is 4.74 Å². The van der Waals surface area contributed by atoms with Gasteiger partial charge in [0.2, 0.25) is 5.91 Å². The normalized spacial score (nSPS) is 10.0. The summed E-state index contributed by atoms with van der Waals surface area (Å²) in [6.07, 6.45) is 0.172.